The molecule has 1 heterocycles. The van der Waals surface area contributed by atoms with Crippen molar-refractivity contribution in [2.45, 2.75) is 52.2 Å². The summed E-state index contributed by atoms with van der Waals surface area (Å²) in [5, 5.41) is 3.55. The molecule has 1 aromatic carbocycles. The Balaban J connectivity index is 1.83. The molecule has 0 radical (unpaired) electrons. The van der Waals surface area contributed by atoms with Crippen LogP contribution in [0.25, 0.3) is 0 Å². The van der Waals surface area contributed by atoms with E-state index in [9.17, 15) is 0 Å². The zero-order valence-corrected chi connectivity index (χ0v) is 12.9. The smallest absolute Gasteiger partial charge is 0.0363 e. The Bertz CT molecular complexity index is 506. The second-order valence-corrected chi connectivity index (χ2v) is 6.39. The van der Waals surface area contributed by atoms with Crippen molar-refractivity contribution in [1.29, 1.82) is 0 Å². The molecule has 0 spiro atoms. The van der Waals surface area contributed by atoms with Crippen molar-refractivity contribution in [2.75, 3.05) is 0 Å². The van der Waals surface area contributed by atoms with E-state index in [4.69, 9.17) is 0 Å². The molecule has 0 aliphatic rings. The third kappa shape index (κ3) is 4.86. The lowest BCUT2D eigenvalue weighted by molar-refractivity contribution is 0.414. The molecule has 2 heteroatoms. The molecule has 0 unspecified atom stereocenters. The average molecular weight is 270 g/mol. The Morgan fingerprint density at radius 2 is 1.75 bits per heavy atom. The number of aromatic nitrogens is 1. The molecular formula is C18H26N2. The van der Waals surface area contributed by atoms with E-state index in [2.05, 4.69) is 79.3 Å². The summed E-state index contributed by atoms with van der Waals surface area (Å²) in [4.78, 5) is 0. The Hall–Kier alpha value is -1.54. The largest absolute Gasteiger partial charge is 0.350 e. The molecule has 2 aromatic rings. The second kappa shape index (κ2) is 6.76. The van der Waals surface area contributed by atoms with Gasteiger partial charge in [0.15, 0.2) is 0 Å². The highest BCUT2D eigenvalue weighted by Gasteiger charge is 2.09. The lowest BCUT2D eigenvalue weighted by Crippen LogP contribution is -2.35. The van der Waals surface area contributed by atoms with Crippen LogP contribution in [0.5, 0.6) is 0 Å². The minimum atomic E-state index is 0.166. The highest BCUT2D eigenvalue weighted by atomic mass is 15.0. The molecule has 0 aliphatic heterocycles. The van der Waals surface area contributed by atoms with Gasteiger partial charge in [0.25, 0.3) is 0 Å². The summed E-state index contributed by atoms with van der Waals surface area (Å²) in [7, 11) is 0. The van der Waals surface area contributed by atoms with Crippen LogP contribution in [0, 0.1) is 0 Å². The van der Waals surface area contributed by atoms with Crippen molar-refractivity contribution >= 4 is 0 Å². The van der Waals surface area contributed by atoms with Crippen LogP contribution in [0.4, 0.5) is 0 Å². The van der Waals surface area contributed by atoms with Crippen LogP contribution in [0.15, 0.2) is 48.7 Å². The summed E-state index contributed by atoms with van der Waals surface area (Å²) in [5.41, 5.74) is 2.96. The number of rotatable bonds is 6. The van der Waals surface area contributed by atoms with Crippen LogP contribution in [0.3, 0.4) is 0 Å². The number of nitrogens with one attached hydrogen (secondary N) is 1. The van der Waals surface area contributed by atoms with Gasteiger partial charge in [-0.2, -0.15) is 0 Å². The maximum absolute atomic E-state index is 3.55. The van der Waals surface area contributed by atoms with Gasteiger partial charge in [-0.3, -0.25) is 0 Å². The van der Waals surface area contributed by atoms with Gasteiger partial charge in [-0.1, -0.05) is 30.3 Å². The topological polar surface area (TPSA) is 17.0 Å². The standard InChI is InChI=1S/C18H26N2/c1-18(2,3)19-15-17-12-8-14-20(17)13-7-11-16-9-5-4-6-10-16/h4-6,8-10,12,14,19H,7,11,13,15H2,1-3H3. The fourth-order valence-corrected chi connectivity index (χ4v) is 2.28. The SMILES string of the molecule is CC(C)(C)NCc1cccn1CCCc1ccccc1. The van der Waals surface area contributed by atoms with E-state index < -0.39 is 0 Å². The van der Waals surface area contributed by atoms with E-state index in [-0.39, 0.29) is 5.54 Å². The minimum Gasteiger partial charge on any atom is -0.350 e. The first-order chi connectivity index (χ1) is 9.54. The van der Waals surface area contributed by atoms with E-state index in [1.165, 1.54) is 17.7 Å². The van der Waals surface area contributed by atoms with Gasteiger partial charge in [0, 0.05) is 30.5 Å². The third-order valence-corrected chi connectivity index (χ3v) is 3.43. The zero-order valence-electron chi connectivity index (χ0n) is 12.9. The van der Waals surface area contributed by atoms with Gasteiger partial charge >= 0.3 is 0 Å². The molecule has 20 heavy (non-hydrogen) atoms. The van der Waals surface area contributed by atoms with E-state index in [1.807, 2.05) is 0 Å². The average Bonchev–Trinajstić information content (AvgIpc) is 2.84. The van der Waals surface area contributed by atoms with Crippen LogP contribution >= 0.6 is 0 Å². The van der Waals surface area contributed by atoms with Crippen LogP contribution < -0.4 is 5.32 Å². The molecular weight excluding hydrogens is 244 g/mol. The molecule has 1 N–H and O–H groups in total. The van der Waals surface area contributed by atoms with Crippen LogP contribution in [-0.2, 0) is 19.5 Å². The summed E-state index contributed by atoms with van der Waals surface area (Å²) >= 11 is 0. The van der Waals surface area contributed by atoms with Crippen LogP contribution in [0.2, 0.25) is 0 Å². The van der Waals surface area contributed by atoms with Crippen LogP contribution in [0.1, 0.15) is 38.4 Å². The van der Waals surface area contributed by atoms with Gasteiger partial charge in [0.1, 0.15) is 0 Å². The van der Waals surface area contributed by atoms with E-state index in [0.29, 0.717) is 0 Å². The first-order valence-corrected chi connectivity index (χ1v) is 7.47. The van der Waals surface area contributed by atoms with Gasteiger partial charge in [-0.15, -0.1) is 0 Å². The van der Waals surface area contributed by atoms with Crippen molar-refractivity contribution in [1.82, 2.24) is 9.88 Å². The molecule has 1 aromatic heterocycles. The molecule has 2 rings (SSSR count). The van der Waals surface area contributed by atoms with Gasteiger partial charge in [-0.25, -0.2) is 0 Å². The lowest BCUT2D eigenvalue weighted by atomic mass is 10.1. The molecule has 0 fully saturated rings. The number of aryl methyl sites for hydroxylation is 2. The Morgan fingerprint density at radius 3 is 2.45 bits per heavy atom. The monoisotopic (exact) mass is 270 g/mol. The summed E-state index contributed by atoms with van der Waals surface area (Å²) in [6.45, 7) is 8.63. The number of nitrogens with zero attached hydrogens (tertiary/aromatic N) is 1. The van der Waals surface area contributed by atoms with Gasteiger partial charge in [0.05, 0.1) is 0 Å². The first kappa shape index (κ1) is 14.9. The molecule has 2 nitrogen and oxygen atoms in total. The van der Waals surface area contributed by atoms with E-state index in [1.54, 1.807) is 0 Å². The van der Waals surface area contributed by atoms with Crippen molar-refractivity contribution in [3.05, 3.63) is 59.9 Å². The predicted octanol–water partition coefficient (Wildman–Crippen LogP) is 4.01. The first-order valence-electron chi connectivity index (χ1n) is 7.47. The zero-order chi connectivity index (χ0) is 14.4. The maximum Gasteiger partial charge on any atom is 0.0363 e. The molecule has 0 aliphatic carbocycles. The number of benzene rings is 1. The van der Waals surface area contributed by atoms with Crippen molar-refractivity contribution in [3.63, 3.8) is 0 Å². The van der Waals surface area contributed by atoms with Gasteiger partial charge < -0.3 is 9.88 Å². The fraction of sp³-hybridized carbons (Fsp3) is 0.444. The van der Waals surface area contributed by atoms with E-state index in [0.717, 1.165) is 19.5 Å². The Kier molecular flexibility index (Phi) is 5.02. The van der Waals surface area contributed by atoms with Gasteiger partial charge in [-0.05, 0) is 51.3 Å². The minimum absolute atomic E-state index is 0.166. The van der Waals surface area contributed by atoms with Crippen LogP contribution in [-0.4, -0.2) is 10.1 Å². The summed E-state index contributed by atoms with van der Waals surface area (Å²) in [6, 6.07) is 15.1. The summed E-state index contributed by atoms with van der Waals surface area (Å²) in [6.07, 6.45) is 4.51. The number of hydrogen-bond donors (Lipinski definition) is 1. The third-order valence-electron chi connectivity index (χ3n) is 3.43. The molecule has 0 saturated carbocycles. The molecule has 0 saturated heterocycles. The fourth-order valence-electron chi connectivity index (χ4n) is 2.28. The number of hydrogen-bond acceptors (Lipinski definition) is 1. The molecule has 0 bridgehead atoms. The van der Waals surface area contributed by atoms with Crippen molar-refractivity contribution < 1.29 is 0 Å². The second-order valence-electron chi connectivity index (χ2n) is 6.39. The highest BCUT2D eigenvalue weighted by Crippen LogP contribution is 2.09. The Labute approximate surface area is 122 Å². The Morgan fingerprint density at radius 1 is 1.00 bits per heavy atom. The normalized spacial score (nSPS) is 11.8. The lowest BCUT2D eigenvalue weighted by Gasteiger charge is -2.21. The molecule has 0 amide bonds. The molecule has 108 valence electrons. The highest BCUT2D eigenvalue weighted by molar-refractivity contribution is 5.14. The van der Waals surface area contributed by atoms with E-state index >= 15 is 0 Å². The van der Waals surface area contributed by atoms with Crippen molar-refractivity contribution in [3.8, 4) is 0 Å². The summed E-state index contributed by atoms with van der Waals surface area (Å²) in [5.74, 6) is 0. The quantitative estimate of drug-likeness (QED) is 0.839. The van der Waals surface area contributed by atoms with Crippen molar-refractivity contribution in [2.24, 2.45) is 0 Å². The maximum atomic E-state index is 3.55. The molecule has 0 atom stereocenters. The summed E-state index contributed by atoms with van der Waals surface area (Å²) < 4.78 is 2.36. The predicted molar refractivity (Wildman–Crippen MR) is 85.8 cm³/mol. The van der Waals surface area contributed by atoms with Gasteiger partial charge in [0.2, 0.25) is 0 Å².